The molecule has 16 heavy (non-hydrogen) atoms. The van der Waals surface area contributed by atoms with Crippen LogP contribution in [0, 0.1) is 0 Å². The molecule has 1 unspecified atom stereocenters. The molecule has 4 heteroatoms. The summed E-state index contributed by atoms with van der Waals surface area (Å²) < 4.78 is 10.6. The lowest BCUT2D eigenvalue weighted by atomic mass is 9.96. The Morgan fingerprint density at radius 1 is 1.38 bits per heavy atom. The van der Waals surface area contributed by atoms with Crippen LogP contribution in [0.2, 0.25) is 0 Å². The third-order valence-corrected chi connectivity index (χ3v) is 2.77. The van der Waals surface area contributed by atoms with Crippen molar-refractivity contribution < 1.29 is 19.1 Å². The van der Waals surface area contributed by atoms with Gasteiger partial charge in [0.2, 0.25) is 0 Å². The zero-order valence-electron chi connectivity index (χ0n) is 10.0. The molecule has 0 radical (unpaired) electrons. The summed E-state index contributed by atoms with van der Waals surface area (Å²) in [7, 11) is 0. The fourth-order valence-corrected chi connectivity index (χ4v) is 1.84. The smallest absolute Gasteiger partial charge is 0.335 e. The van der Waals surface area contributed by atoms with Gasteiger partial charge in [0.25, 0.3) is 0 Å². The van der Waals surface area contributed by atoms with Gasteiger partial charge >= 0.3 is 5.97 Å². The minimum Gasteiger partial charge on any atom is -0.464 e. The van der Waals surface area contributed by atoms with Gasteiger partial charge in [-0.25, -0.2) is 4.79 Å². The minimum absolute atomic E-state index is 0.0343. The van der Waals surface area contributed by atoms with Crippen LogP contribution in [-0.2, 0) is 19.1 Å². The molecule has 1 fully saturated rings. The summed E-state index contributed by atoms with van der Waals surface area (Å²) in [6.07, 6.45) is 2.78. The zero-order chi connectivity index (χ0) is 12.0. The molecule has 0 aromatic heterocycles. The van der Waals surface area contributed by atoms with Crippen molar-refractivity contribution in [3.8, 4) is 0 Å². The van der Waals surface area contributed by atoms with Crippen LogP contribution in [-0.4, -0.2) is 30.6 Å². The monoisotopic (exact) mass is 228 g/mol. The Balaban J connectivity index is 2.38. The van der Waals surface area contributed by atoms with E-state index < -0.39 is 6.10 Å². The van der Waals surface area contributed by atoms with Gasteiger partial charge in [0, 0.05) is 12.8 Å². The summed E-state index contributed by atoms with van der Waals surface area (Å²) in [5.74, 6) is 0.00549. The maximum atomic E-state index is 11.5. The lowest BCUT2D eigenvalue weighted by Gasteiger charge is -2.25. The van der Waals surface area contributed by atoms with E-state index in [2.05, 4.69) is 0 Å². The van der Waals surface area contributed by atoms with E-state index in [0.29, 0.717) is 31.7 Å². The molecule has 92 valence electrons. The first-order chi connectivity index (χ1) is 7.67. The van der Waals surface area contributed by atoms with Crippen LogP contribution < -0.4 is 0 Å². The summed E-state index contributed by atoms with van der Waals surface area (Å²) in [4.78, 5) is 22.6. The van der Waals surface area contributed by atoms with Gasteiger partial charge in [-0.15, -0.1) is 0 Å². The minimum atomic E-state index is -0.474. The molecule has 1 saturated carbocycles. The highest BCUT2D eigenvalue weighted by Gasteiger charge is 2.26. The first-order valence-corrected chi connectivity index (χ1v) is 6.01. The van der Waals surface area contributed by atoms with Crippen LogP contribution in [0.15, 0.2) is 0 Å². The molecular formula is C12H20O4. The average Bonchev–Trinajstić information content (AvgIpc) is 2.28. The van der Waals surface area contributed by atoms with E-state index in [1.807, 2.05) is 6.92 Å². The summed E-state index contributed by atoms with van der Waals surface area (Å²) >= 11 is 0. The summed E-state index contributed by atoms with van der Waals surface area (Å²) in [6.45, 7) is 4.06. The highest BCUT2D eigenvalue weighted by atomic mass is 16.6. The third-order valence-electron chi connectivity index (χ3n) is 2.77. The first kappa shape index (κ1) is 13.2. The second kappa shape index (κ2) is 6.63. The van der Waals surface area contributed by atoms with Gasteiger partial charge in [-0.1, -0.05) is 6.92 Å². The molecule has 1 rings (SSSR count). The molecule has 0 N–H and O–H groups in total. The first-order valence-electron chi connectivity index (χ1n) is 6.01. The second-order valence-corrected chi connectivity index (χ2v) is 4.02. The van der Waals surface area contributed by atoms with Crippen molar-refractivity contribution in [1.29, 1.82) is 0 Å². The number of hydrogen-bond donors (Lipinski definition) is 0. The fraction of sp³-hybridized carbons (Fsp3) is 0.833. The highest BCUT2D eigenvalue weighted by Crippen LogP contribution is 2.20. The molecule has 0 aromatic carbocycles. The number of rotatable bonds is 5. The molecule has 0 saturated heterocycles. The van der Waals surface area contributed by atoms with Crippen molar-refractivity contribution in [2.24, 2.45) is 0 Å². The van der Waals surface area contributed by atoms with Crippen molar-refractivity contribution >= 4 is 11.8 Å². The Bertz CT molecular complexity index is 239. The fourth-order valence-electron chi connectivity index (χ4n) is 1.84. The van der Waals surface area contributed by atoms with Gasteiger partial charge < -0.3 is 9.47 Å². The van der Waals surface area contributed by atoms with E-state index in [-0.39, 0.29) is 12.1 Å². The molecule has 1 aliphatic rings. The van der Waals surface area contributed by atoms with E-state index in [0.717, 1.165) is 12.8 Å². The van der Waals surface area contributed by atoms with E-state index in [1.54, 1.807) is 6.92 Å². The molecule has 0 aliphatic heterocycles. The van der Waals surface area contributed by atoms with Gasteiger partial charge in [0.1, 0.15) is 5.78 Å². The molecular weight excluding hydrogens is 208 g/mol. The summed E-state index contributed by atoms with van der Waals surface area (Å²) in [6, 6.07) is 0. The van der Waals surface area contributed by atoms with Gasteiger partial charge in [0.15, 0.2) is 6.10 Å². The van der Waals surface area contributed by atoms with Crippen molar-refractivity contribution in [2.45, 2.75) is 58.2 Å². The van der Waals surface area contributed by atoms with E-state index in [1.165, 1.54) is 0 Å². The Morgan fingerprint density at radius 2 is 2.00 bits per heavy atom. The third kappa shape index (κ3) is 3.93. The number of Topliss-reactive ketones (excluding diaryl/α,β-unsaturated/α-hetero) is 1. The zero-order valence-corrected chi connectivity index (χ0v) is 10.0. The van der Waals surface area contributed by atoms with Gasteiger partial charge in [-0.05, 0) is 26.2 Å². The number of carbonyl (C=O) groups is 2. The van der Waals surface area contributed by atoms with Crippen LogP contribution >= 0.6 is 0 Å². The highest BCUT2D eigenvalue weighted by molar-refractivity contribution is 5.79. The number of ketones is 1. The van der Waals surface area contributed by atoms with Crippen LogP contribution in [0.25, 0.3) is 0 Å². The van der Waals surface area contributed by atoms with Crippen molar-refractivity contribution in [1.82, 2.24) is 0 Å². The SMILES string of the molecule is CCOC(=O)C(CC)OC1CCC(=O)CC1. The maximum Gasteiger partial charge on any atom is 0.335 e. The molecule has 0 bridgehead atoms. The molecule has 1 aliphatic carbocycles. The van der Waals surface area contributed by atoms with Crippen LogP contribution in [0.4, 0.5) is 0 Å². The maximum absolute atomic E-state index is 11.5. The van der Waals surface area contributed by atoms with Crippen molar-refractivity contribution in [2.75, 3.05) is 6.61 Å². The largest absolute Gasteiger partial charge is 0.464 e. The molecule has 4 nitrogen and oxygen atoms in total. The standard InChI is InChI=1S/C12H20O4/c1-3-11(12(14)15-4-2)16-10-7-5-9(13)6-8-10/h10-11H,3-8H2,1-2H3. The van der Waals surface area contributed by atoms with Gasteiger partial charge in [-0.3, -0.25) is 4.79 Å². The van der Waals surface area contributed by atoms with Crippen molar-refractivity contribution in [3.05, 3.63) is 0 Å². The number of hydrogen-bond acceptors (Lipinski definition) is 4. The summed E-state index contributed by atoms with van der Waals surface area (Å²) in [5, 5.41) is 0. The predicted molar refractivity (Wildman–Crippen MR) is 59.1 cm³/mol. The number of carbonyl (C=O) groups excluding carboxylic acids is 2. The lowest BCUT2D eigenvalue weighted by molar-refractivity contribution is -0.162. The molecule has 0 amide bonds. The second-order valence-electron chi connectivity index (χ2n) is 4.02. The molecule has 0 heterocycles. The average molecular weight is 228 g/mol. The predicted octanol–water partition coefficient (Wildman–Crippen LogP) is 1.86. The normalized spacial score (nSPS) is 19.5. The van der Waals surface area contributed by atoms with Gasteiger partial charge in [0.05, 0.1) is 12.7 Å². The lowest BCUT2D eigenvalue weighted by Crippen LogP contribution is -2.32. The molecule has 1 atom stereocenters. The van der Waals surface area contributed by atoms with Crippen molar-refractivity contribution in [3.63, 3.8) is 0 Å². The molecule has 0 spiro atoms. The van der Waals surface area contributed by atoms with Gasteiger partial charge in [-0.2, -0.15) is 0 Å². The topological polar surface area (TPSA) is 52.6 Å². The number of esters is 1. The molecule has 0 aromatic rings. The van der Waals surface area contributed by atoms with Crippen LogP contribution in [0.3, 0.4) is 0 Å². The Kier molecular flexibility index (Phi) is 5.46. The Labute approximate surface area is 96.3 Å². The Morgan fingerprint density at radius 3 is 2.50 bits per heavy atom. The number of ether oxygens (including phenoxy) is 2. The van der Waals surface area contributed by atoms with Crippen LogP contribution in [0.1, 0.15) is 46.0 Å². The Hall–Kier alpha value is -0.900. The summed E-state index contributed by atoms with van der Waals surface area (Å²) in [5.41, 5.74) is 0. The van der Waals surface area contributed by atoms with Crippen LogP contribution in [0.5, 0.6) is 0 Å². The quantitative estimate of drug-likeness (QED) is 0.674. The van der Waals surface area contributed by atoms with E-state index in [9.17, 15) is 9.59 Å². The van der Waals surface area contributed by atoms with E-state index >= 15 is 0 Å². The van der Waals surface area contributed by atoms with E-state index in [4.69, 9.17) is 9.47 Å².